The van der Waals surface area contributed by atoms with Crippen molar-refractivity contribution in [3.05, 3.63) is 47.1 Å². The van der Waals surface area contributed by atoms with Gasteiger partial charge in [0.05, 0.1) is 16.8 Å². The number of rotatable bonds is 1. The molecule has 0 unspecified atom stereocenters. The smallest absolute Gasteiger partial charge is 0.169 e. The number of nitrogen functional groups attached to an aromatic ring is 1. The second-order valence-corrected chi connectivity index (χ2v) is 4.55. The van der Waals surface area contributed by atoms with E-state index in [1.54, 1.807) is 6.20 Å². The number of aromatic nitrogens is 3. The number of nitriles is 1. The van der Waals surface area contributed by atoms with Gasteiger partial charge in [-0.05, 0) is 12.1 Å². The van der Waals surface area contributed by atoms with Gasteiger partial charge in [-0.2, -0.15) is 10.4 Å². The fraction of sp³-hybridized carbons (Fsp3) is 0. The first-order valence-corrected chi connectivity index (χ1v) is 5.96. The topological polar surface area (TPSA) is 80.5 Å². The Bertz CT molecular complexity index is 865. The summed E-state index contributed by atoms with van der Waals surface area (Å²) in [6, 6.07) is 5.00. The van der Waals surface area contributed by atoms with Crippen molar-refractivity contribution in [1.82, 2.24) is 14.8 Å². The molecular weight excluding hydrogens is 281 g/mol. The molecule has 2 heterocycles. The van der Waals surface area contributed by atoms with E-state index in [0.717, 1.165) is 6.20 Å². The molecule has 0 saturated carbocycles. The maximum atomic E-state index is 13.6. The normalized spacial score (nSPS) is 10.7. The fourth-order valence-electron chi connectivity index (χ4n) is 1.96. The molecule has 0 aliphatic carbocycles. The van der Waals surface area contributed by atoms with Gasteiger partial charge >= 0.3 is 0 Å². The minimum Gasteiger partial charge on any atom is -0.399 e. The Morgan fingerprint density at radius 2 is 2.15 bits per heavy atom. The number of anilines is 1. The highest BCUT2D eigenvalue weighted by Crippen LogP contribution is 2.28. The maximum absolute atomic E-state index is 13.6. The Morgan fingerprint density at radius 3 is 2.85 bits per heavy atom. The molecular formula is C13H7ClFN5. The second-order valence-electron chi connectivity index (χ2n) is 4.14. The molecule has 2 N–H and O–H groups in total. The van der Waals surface area contributed by atoms with Crippen molar-refractivity contribution in [3.63, 3.8) is 0 Å². The second kappa shape index (κ2) is 4.47. The average Bonchev–Trinajstić information content (AvgIpc) is 2.82. The van der Waals surface area contributed by atoms with Gasteiger partial charge in [-0.3, -0.25) is 4.98 Å². The van der Waals surface area contributed by atoms with Crippen LogP contribution in [0.3, 0.4) is 0 Å². The molecule has 20 heavy (non-hydrogen) atoms. The van der Waals surface area contributed by atoms with E-state index in [1.807, 2.05) is 6.07 Å². The Labute approximate surface area is 118 Å². The van der Waals surface area contributed by atoms with Gasteiger partial charge in [0.1, 0.15) is 17.3 Å². The van der Waals surface area contributed by atoms with E-state index in [1.165, 1.54) is 23.0 Å². The molecule has 0 spiro atoms. The highest BCUT2D eigenvalue weighted by molar-refractivity contribution is 6.33. The van der Waals surface area contributed by atoms with Crippen molar-refractivity contribution in [2.24, 2.45) is 0 Å². The number of hydrogen-bond donors (Lipinski definition) is 1. The van der Waals surface area contributed by atoms with E-state index in [0.29, 0.717) is 16.8 Å². The summed E-state index contributed by atoms with van der Waals surface area (Å²) in [5.74, 6) is -0.536. The Morgan fingerprint density at radius 1 is 1.35 bits per heavy atom. The van der Waals surface area contributed by atoms with Crippen LogP contribution >= 0.6 is 11.6 Å². The molecule has 0 aliphatic rings. The summed E-state index contributed by atoms with van der Waals surface area (Å²) in [6.45, 7) is 0. The van der Waals surface area contributed by atoms with Crippen LogP contribution in [0.2, 0.25) is 5.02 Å². The number of pyridine rings is 1. The third-order valence-electron chi connectivity index (χ3n) is 2.81. The van der Waals surface area contributed by atoms with Crippen LogP contribution in [0.15, 0.2) is 30.7 Å². The summed E-state index contributed by atoms with van der Waals surface area (Å²) in [4.78, 5) is 3.75. The molecule has 98 valence electrons. The van der Waals surface area contributed by atoms with Crippen LogP contribution in [-0.4, -0.2) is 14.8 Å². The number of nitrogens with zero attached hydrogens (tertiary/aromatic N) is 4. The van der Waals surface area contributed by atoms with Crippen molar-refractivity contribution < 1.29 is 4.39 Å². The van der Waals surface area contributed by atoms with Gasteiger partial charge in [-0.1, -0.05) is 11.6 Å². The summed E-state index contributed by atoms with van der Waals surface area (Å²) < 4.78 is 15.0. The molecule has 1 aromatic carbocycles. The van der Waals surface area contributed by atoms with E-state index in [4.69, 9.17) is 22.6 Å². The van der Waals surface area contributed by atoms with Crippen molar-refractivity contribution in [1.29, 1.82) is 5.26 Å². The van der Waals surface area contributed by atoms with E-state index >= 15 is 0 Å². The van der Waals surface area contributed by atoms with Crippen LogP contribution in [-0.2, 0) is 0 Å². The van der Waals surface area contributed by atoms with Crippen LogP contribution in [0.4, 0.5) is 10.1 Å². The van der Waals surface area contributed by atoms with Gasteiger partial charge in [0.15, 0.2) is 5.82 Å². The van der Waals surface area contributed by atoms with Gasteiger partial charge in [0.2, 0.25) is 0 Å². The lowest BCUT2D eigenvalue weighted by Gasteiger charge is -2.07. The standard InChI is InChI=1S/C13H7ClFN5/c14-10-2-9(17)1-7(3-16)13(10)20-6-8-4-18-5-11(15)12(8)19-20/h1-2,4-6H,17H2. The van der Waals surface area contributed by atoms with Crippen LogP contribution in [0.1, 0.15) is 5.56 Å². The van der Waals surface area contributed by atoms with E-state index in [9.17, 15) is 4.39 Å². The lowest BCUT2D eigenvalue weighted by atomic mass is 10.1. The molecule has 0 amide bonds. The lowest BCUT2D eigenvalue weighted by Crippen LogP contribution is -2.01. The third-order valence-corrected chi connectivity index (χ3v) is 3.09. The largest absolute Gasteiger partial charge is 0.399 e. The summed E-state index contributed by atoms with van der Waals surface area (Å²) in [7, 11) is 0. The molecule has 0 radical (unpaired) electrons. The molecule has 5 nitrogen and oxygen atoms in total. The van der Waals surface area contributed by atoms with Crippen molar-refractivity contribution >= 4 is 28.2 Å². The van der Waals surface area contributed by atoms with Gasteiger partial charge in [-0.25, -0.2) is 9.07 Å². The zero-order valence-corrected chi connectivity index (χ0v) is 10.8. The van der Waals surface area contributed by atoms with Crippen molar-refractivity contribution in [2.75, 3.05) is 5.73 Å². The third kappa shape index (κ3) is 1.85. The monoisotopic (exact) mass is 287 g/mol. The molecule has 0 saturated heterocycles. The maximum Gasteiger partial charge on any atom is 0.169 e. The first kappa shape index (κ1) is 12.4. The molecule has 0 atom stereocenters. The molecule has 2 aromatic heterocycles. The first-order chi connectivity index (χ1) is 9.60. The minimum absolute atomic E-state index is 0.164. The molecule has 3 rings (SSSR count). The highest BCUT2D eigenvalue weighted by atomic mass is 35.5. The van der Waals surface area contributed by atoms with Crippen LogP contribution in [0, 0.1) is 17.1 Å². The van der Waals surface area contributed by atoms with Gasteiger partial charge in [0.25, 0.3) is 0 Å². The molecule has 0 bridgehead atoms. The van der Waals surface area contributed by atoms with Crippen molar-refractivity contribution in [2.45, 2.75) is 0 Å². The summed E-state index contributed by atoms with van der Waals surface area (Å²) in [5.41, 5.74) is 6.81. The van der Waals surface area contributed by atoms with Gasteiger partial charge in [-0.15, -0.1) is 0 Å². The molecule has 0 fully saturated rings. The number of nitrogens with two attached hydrogens (primary N) is 1. The van der Waals surface area contributed by atoms with Gasteiger partial charge in [0, 0.05) is 23.5 Å². The van der Waals surface area contributed by atoms with E-state index in [-0.39, 0.29) is 16.1 Å². The first-order valence-electron chi connectivity index (χ1n) is 5.58. The number of hydrogen-bond acceptors (Lipinski definition) is 4. The van der Waals surface area contributed by atoms with E-state index in [2.05, 4.69) is 10.1 Å². The molecule has 3 aromatic rings. The predicted molar refractivity (Wildman–Crippen MR) is 73.0 cm³/mol. The summed E-state index contributed by atoms with van der Waals surface area (Å²) in [6.07, 6.45) is 4.12. The average molecular weight is 288 g/mol. The lowest BCUT2D eigenvalue weighted by molar-refractivity contribution is 0.629. The Balaban J connectivity index is 2.32. The van der Waals surface area contributed by atoms with Crippen molar-refractivity contribution in [3.8, 4) is 11.8 Å². The Kier molecular flexibility index (Phi) is 2.77. The number of benzene rings is 1. The SMILES string of the molecule is N#Cc1cc(N)cc(Cl)c1-n1cc2cncc(F)c2n1. The van der Waals surface area contributed by atoms with Crippen LogP contribution in [0.25, 0.3) is 16.6 Å². The summed E-state index contributed by atoms with van der Waals surface area (Å²) in [5, 5.41) is 14.1. The zero-order valence-electron chi connectivity index (χ0n) is 10.0. The highest BCUT2D eigenvalue weighted by Gasteiger charge is 2.14. The van der Waals surface area contributed by atoms with Crippen LogP contribution < -0.4 is 5.73 Å². The number of fused-ring (bicyclic) bond motifs is 1. The summed E-state index contributed by atoms with van der Waals surface area (Å²) >= 11 is 6.11. The zero-order chi connectivity index (χ0) is 14.3. The fourth-order valence-corrected chi connectivity index (χ4v) is 2.28. The molecule has 7 heteroatoms. The van der Waals surface area contributed by atoms with Crippen LogP contribution in [0.5, 0.6) is 0 Å². The molecule has 0 aliphatic heterocycles. The predicted octanol–water partition coefficient (Wildman–Crippen LogP) is 2.67. The minimum atomic E-state index is -0.536. The quantitative estimate of drug-likeness (QED) is 0.698. The Hall–Kier alpha value is -2.65. The number of halogens is 2. The van der Waals surface area contributed by atoms with Gasteiger partial charge < -0.3 is 5.73 Å². The van der Waals surface area contributed by atoms with E-state index < -0.39 is 5.82 Å².